The maximum absolute atomic E-state index is 13.1. The van der Waals surface area contributed by atoms with E-state index in [1.807, 2.05) is 0 Å². The van der Waals surface area contributed by atoms with Gasteiger partial charge in [-0.05, 0) is 37.5 Å². The average Bonchev–Trinajstić information content (AvgIpc) is 0.931. The van der Waals surface area contributed by atoms with Crippen LogP contribution >= 0.6 is 15.6 Å². The first kappa shape index (κ1) is 101. The first-order valence-corrected chi connectivity index (χ1v) is 46.5. The Kier molecular flexibility index (Phi) is 74.1. The summed E-state index contributed by atoms with van der Waals surface area (Å²) in [5.41, 5.74) is 0. The van der Waals surface area contributed by atoms with Gasteiger partial charge in [0.15, 0.2) is 12.2 Å². The number of phosphoric acid groups is 2. The molecule has 5 atom stereocenters. The Hall–Kier alpha value is -1.94. The van der Waals surface area contributed by atoms with Gasteiger partial charge >= 0.3 is 39.5 Å². The van der Waals surface area contributed by atoms with Crippen LogP contribution in [0.5, 0.6) is 0 Å². The molecule has 0 aromatic rings. The second kappa shape index (κ2) is 75.5. The van der Waals surface area contributed by atoms with Crippen LogP contribution in [0.2, 0.25) is 0 Å². The fourth-order valence-corrected chi connectivity index (χ4v) is 14.6. The van der Waals surface area contributed by atoms with E-state index in [2.05, 4.69) is 41.5 Å². The normalized spacial score (nSPS) is 13.9. The molecule has 0 fully saturated rings. The van der Waals surface area contributed by atoms with Crippen LogP contribution in [-0.2, 0) is 65.4 Å². The molecule has 0 aromatic heterocycles. The van der Waals surface area contributed by atoms with Gasteiger partial charge in [-0.1, -0.05) is 395 Å². The maximum Gasteiger partial charge on any atom is 0.472 e. The Morgan fingerprint density at radius 1 is 0.262 bits per heavy atom. The van der Waals surface area contributed by atoms with Crippen molar-refractivity contribution in [1.29, 1.82) is 0 Å². The third-order valence-electron chi connectivity index (χ3n) is 19.7. The number of carbonyl (C=O) groups is 4. The van der Waals surface area contributed by atoms with E-state index in [9.17, 15) is 43.2 Å². The van der Waals surface area contributed by atoms with E-state index < -0.39 is 97.5 Å². The van der Waals surface area contributed by atoms with Gasteiger partial charge in [-0.15, -0.1) is 0 Å². The van der Waals surface area contributed by atoms with Crippen molar-refractivity contribution in [3.63, 3.8) is 0 Å². The van der Waals surface area contributed by atoms with Crippen LogP contribution in [0.3, 0.4) is 0 Å². The van der Waals surface area contributed by atoms with Crippen LogP contribution < -0.4 is 0 Å². The lowest BCUT2D eigenvalue weighted by atomic mass is 10.0. The van der Waals surface area contributed by atoms with Gasteiger partial charge < -0.3 is 33.8 Å². The summed E-state index contributed by atoms with van der Waals surface area (Å²) in [6, 6.07) is 0. The minimum absolute atomic E-state index is 0.106. The number of esters is 4. The highest BCUT2D eigenvalue weighted by Crippen LogP contribution is 2.45. The van der Waals surface area contributed by atoms with Crippen molar-refractivity contribution < 1.29 is 80.2 Å². The number of phosphoric ester groups is 2. The zero-order chi connectivity index (χ0) is 75.6. The largest absolute Gasteiger partial charge is 0.472 e. The van der Waals surface area contributed by atoms with Crippen LogP contribution in [0.1, 0.15) is 446 Å². The van der Waals surface area contributed by atoms with E-state index in [1.54, 1.807) is 0 Å². The fraction of sp³-hybridized carbons (Fsp3) is 0.952. The molecule has 0 saturated heterocycles. The van der Waals surface area contributed by atoms with Crippen molar-refractivity contribution in [2.45, 2.75) is 464 Å². The summed E-state index contributed by atoms with van der Waals surface area (Å²) in [7, 11) is -9.92. The minimum Gasteiger partial charge on any atom is -0.462 e. The van der Waals surface area contributed by atoms with Gasteiger partial charge in [0.05, 0.1) is 26.4 Å². The maximum atomic E-state index is 13.1. The molecule has 0 amide bonds. The lowest BCUT2D eigenvalue weighted by Gasteiger charge is -2.21. The molecule has 0 spiro atoms. The van der Waals surface area contributed by atoms with Crippen molar-refractivity contribution in [3.05, 3.63) is 0 Å². The number of unbranched alkanes of at least 4 members (excludes halogenated alkanes) is 53. The van der Waals surface area contributed by atoms with E-state index in [4.69, 9.17) is 37.0 Å². The van der Waals surface area contributed by atoms with Crippen molar-refractivity contribution in [1.82, 2.24) is 0 Å². The predicted octanol–water partition coefficient (Wildman–Crippen LogP) is 25.5. The second-order valence-electron chi connectivity index (χ2n) is 31.2. The molecule has 19 heteroatoms. The highest BCUT2D eigenvalue weighted by atomic mass is 31.2. The predicted molar refractivity (Wildman–Crippen MR) is 423 cm³/mol. The molecule has 0 radical (unpaired) electrons. The summed E-state index contributed by atoms with van der Waals surface area (Å²) in [5.74, 6) is -0.582. The number of ether oxygens (including phenoxy) is 4. The first-order valence-electron chi connectivity index (χ1n) is 43.5. The van der Waals surface area contributed by atoms with E-state index in [1.165, 1.54) is 257 Å². The molecule has 0 bridgehead atoms. The fourth-order valence-electron chi connectivity index (χ4n) is 13.1. The molecule has 0 rings (SSSR count). The number of aliphatic hydroxyl groups is 1. The molecule has 0 heterocycles. The summed E-state index contributed by atoms with van der Waals surface area (Å²) in [5, 5.41) is 10.6. The molecule has 17 nitrogen and oxygen atoms in total. The third kappa shape index (κ3) is 78.0. The topological polar surface area (TPSA) is 237 Å². The van der Waals surface area contributed by atoms with E-state index in [-0.39, 0.29) is 25.7 Å². The van der Waals surface area contributed by atoms with E-state index in [0.29, 0.717) is 31.6 Å². The zero-order valence-electron chi connectivity index (χ0n) is 67.6. The molecule has 0 aromatic carbocycles. The van der Waals surface area contributed by atoms with Crippen LogP contribution in [-0.4, -0.2) is 96.7 Å². The highest BCUT2D eigenvalue weighted by Gasteiger charge is 2.30. The van der Waals surface area contributed by atoms with Crippen LogP contribution in [0.4, 0.5) is 0 Å². The molecule has 103 heavy (non-hydrogen) atoms. The van der Waals surface area contributed by atoms with Crippen LogP contribution in [0.15, 0.2) is 0 Å². The molecular formula is C84H164O17P2. The summed E-state index contributed by atoms with van der Waals surface area (Å²) in [6.45, 7) is 9.62. The lowest BCUT2D eigenvalue weighted by Crippen LogP contribution is -2.30. The van der Waals surface area contributed by atoms with Crippen molar-refractivity contribution in [2.75, 3.05) is 39.6 Å². The molecule has 0 aliphatic rings. The van der Waals surface area contributed by atoms with Gasteiger partial charge in [0.25, 0.3) is 0 Å². The molecule has 612 valence electrons. The summed E-state index contributed by atoms with van der Waals surface area (Å²) < 4.78 is 68.7. The molecule has 0 saturated carbocycles. The average molecular weight is 1510 g/mol. The highest BCUT2D eigenvalue weighted by molar-refractivity contribution is 7.47. The molecule has 2 unspecified atom stereocenters. The minimum atomic E-state index is -4.96. The quantitative estimate of drug-likeness (QED) is 0.0222. The SMILES string of the molecule is CCCCCCCCCCCCCCCCCCCCCCCC(=O)OC[C@H](COP(=O)(O)OC[C@@H](O)COP(=O)(O)OC[C@@H](COC(=O)CCCCCCCCCC(C)C)OC(=O)CCCCCCCCCCCCC)OC(=O)CCCCCCCCCCCCCCCCCCCCC(C)C. The Labute approximate surface area is 632 Å². The summed E-state index contributed by atoms with van der Waals surface area (Å²) in [4.78, 5) is 73.0. The van der Waals surface area contributed by atoms with E-state index >= 15 is 0 Å². The first-order chi connectivity index (χ1) is 49.9. The summed E-state index contributed by atoms with van der Waals surface area (Å²) in [6.07, 6.45) is 66.9. The Morgan fingerprint density at radius 3 is 0.660 bits per heavy atom. The summed E-state index contributed by atoms with van der Waals surface area (Å²) >= 11 is 0. The number of rotatable bonds is 83. The third-order valence-corrected chi connectivity index (χ3v) is 21.6. The van der Waals surface area contributed by atoms with Gasteiger partial charge in [0, 0.05) is 25.7 Å². The lowest BCUT2D eigenvalue weighted by molar-refractivity contribution is -0.161. The standard InChI is InChI=1S/C84H164O17P2/c1-7-9-11-13-15-17-19-20-21-22-23-24-25-29-32-35-39-42-48-54-60-66-81(86)94-72-79(100-84(89)69-63-57-50-44-40-36-33-30-27-26-28-31-34-38-41-46-52-58-64-76(3)4)74-98-102(90,91)96-70-78(85)71-97-103(92,93)99-75-80(73-95-82(87)67-61-55-51-45-47-53-59-65-77(5)6)101-83(88)68-62-56-49-43-37-18-16-14-12-10-8-2/h76-80,85H,7-75H2,1-6H3,(H,90,91)(H,92,93)/t78-,79-,80-/m1/s1. The smallest absolute Gasteiger partial charge is 0.462 e. The number of carbonyl (C=O) groups excluding carboxylic acids is 4. The number of aliphatic hydroxyl groups excluding tert-OH is 1. The molecule has 0 aliphatic carbocycles. The molecule has 0 aliphatic heterocycles. The zero-order valence-corrected chi connectivity index (χ0v) is 69.4. The van der Waals surface area contributed by atoms with Crippen molar-refractivity contribution in [2.24, 2.45) is 11.8 Å². The van der Waals surface area contributed by atoms with Crippen molar-refractivity contribution in [3.8, 4) is 0 Å². The van der Waals surface area contributed by atoms with Crippen LogP contribution in [0.25, 0.3) is 0 Å². The monoisotopic (exact) mass is 1510 g/mol. The molecule has 3 N–H and O–H groups in total. The van der Waals surface area contributed by atoms with Crippen molar-refractivity contribution >= 4 is 39.5 Å². The van der Waals surface area contributed by atoms with Gasteiger partial charge in [-0.25, -0.2) is 9.13 Å². The number of hydrogen-bond acceptors (Lipinski definition) is 15. The molecular weight excluding hydrogens is 1340 g/mol. The van der Waals surface area contributed by atoms with Gasteiger partial charge in [-0.3, -0.25) is 37.3 Å². The van der Waals surface area contributed by atoms with Gasteiger partial charge in [0.2, 0.25) is 0 Å². The number of hydrogen-bond donors (Lipinski definition) is 3. The second-order valence-corrected chi connectivity index (χ2v) is 34.1. The van der Waals surface area contributed by atoms with Gasteiger partial charge in [-0.2, -0.15) is 0 Å². The Bertz CT molecular complexity index is 1980. The van der Waals surface area contributed by atoms with Gasteiger partial charge in [0.1, 0.15) is 19.3 Å². The van der Waals surface area contributed by atoms with E-state index in [0.717, 1.165) is 102 Å². The van der Waals surface area contributed by atoms with Crippen LogP contribution in [0, 0.1) is 11.8 Å². The Balaban J connectivity index is 5.18. The Morgan fingerprint density at radius 2 is 0.447 bits per heavy atom.